The maximum atomic E-state index is 4.67. The van der Waals surface area contributed by atoms with Crippen molar-refractivity contribution >= 4 is 64.6 Å². The Morgan fingerprint density at radius 1 is 0.232 bits per heavy atom. The van der Waals surface area contributed by atoms with E-state index in [4.69, 9.17) is 0 Å². The van der Waals surface area contributed by atoms with Gasteiger partial charge in [0, 0.05) is 22.6 Å². The molecule has 1 heterocycles. The van der Waals surface area contributed by atoms with E-state index in [-0.39, 0.29) is 10.8 Å². The average molecular weight is 1210 g/mol. The lowest BCUT2D eigenvalue weighted by Crippen LogP contribution is -2.28. The van der Waals surface area contributed by atoms with Gasteiger partial charge in [-0.1, -0.05) is 268 Å². The van der Waals surface area contributed by atoms with Gasteiger partial charge in [-0.05, 0) is 256 Å². The Morgan fingerprint density at radius 2 is 0.611 bits per heavy atom. The molecule has 1 heteroatoms. The molecule has 1 fully saturated rings. The Labute approximate surface area is 554 Å². The van der Waals surface area contributed by atoms with Crippen LogP contribution in [0.3, 0.4) is 0 Å². The van der Waals surface area contributed by atoms with Crippen molar-refractivity contribution < 1.29 is 0 Å². The highest BCUT2D eigenvalue weighted by Crippen LogP contribution is 2.59. The molecule has 4 aliphatic rings. The van der Waals surface area contributed by atoms with E-state index in [0.29, 0.717) is 0 Å². The summed E-state index contributed by atoms with van der Waals surface area (Å²) < 4.78 is 0. The molecule has 0 saturated heterocycles. The van der Waals surface area contributed by atoms with E-state index in [2.05, 4.69) is 302 Å². The second kappa shape index (κ2) is 21.1. The normalized spacial score (nSPS) is 14.6. The molecular formula is C94H65N. The molecule has 0 radical (unpaired) electrons. The molecule has 0 atom stereocenters. The van der Waals surface area contributed by atoms with Crippen LogP contribution in [0.4, 0.5) is 0 Å². The fourth-order valence-electron chi connectivity index (χ4n) is 18.3. The van der Waals surface area contributed by atoms with Gasteiger partial charge in [0.1, 0.15) is 0 Å². The van der Waals surface area contributed by atoms with Crippen LogP contribution in [0.2, 0.25) is 0 Å². The molecule has 16 aromatic carbocycles. The van der Waals surface area contributed by atoms with Crippen molar-refractivity contribution in [3.63, 3.8) is 0 Å². The topological polar surface area (TPSA) is 12.9 Å². The Bertz CT molecular complexity index is 5820. The van der Waals surface area contributed by atoms with Gasteiger partial charge in [-0.15, -0.1) is 0 Å². The molecule has 0 aliphatic heterocycles. The molecule has 2 spiro atoms. The van der Waals surface area contributed by atoms with E-state index in [0.717, 1.165) is 18.5 Å². The van der Waals surface area contributed by atoms with Crippen LogP contribution in [0, 0.1) is 0 Å². The van der Waals surface area contributed by atoms with Crippen molar-refractivity contribution in [2.45, 2.75) is 55.8 Å². The van der Waals surface area contributed by atoms with E-state index < -0.39 is 0 Å². The van der Waals surface area contributed by atoms with Crippen LogP contribution in [0.25, 0.3) is 154 Å². The first-order chi connectivity index (χ1) is 47.0. The summed E-state index contributed by atoms with van der Waals surface area (Å²) in [4.78, 5) is 4.67. The number of aromatic nitrogens is 1. The van der Waals surface area contributed by atoms with Crippen LogP contribution in [-0.4, -0.2) is 4.98 Å². The Morgan fingerprint density at radius 3 is 1.09 bits per heavy atom. The van der Waals surface area contributed by atoms with Gasteiger partial charge in [-0.3, -0.25) is 4.98 Å². The second-order valence-electron chi connectivity index (χ2n) is 27.6. The number of benzene rings is 16. The average Bonchev–Trinajstić information content (AvgIpc) is 1.58. The predicted molar refractivity (Wildman–Crippen MR) is 400 cm³/mol. The summed E-state index contributed by atoms with van der Waals surface area (Å²) in [6.07, 6.45) is 10.3. The van der Waals surface area contributed by atoms with E-state index >= 15 is 0 Å². The number of fused-ring (bicyclic) bond motifs is 11. The van der Waals surface area contributed by atoms with Crippen LogP contribution in [0.15, 0.2) is 310 Å². The van der Waals surface area contributed by atoms with Gasteiger partial charge in [-0.2, -0.15) is 0 Å². The summed E-state index contributed by atoms with van der Waals surface area (Å²) in [5.41, 5.74) is 29.4. The van der Waals surface area contributed by atoms with Gasteiger partial charge in [0.25, 0.3) is 0 Å². The predicted octanol–water partition coefficient (Wildman–Crippen LogP) is 24.9. The van der Waals surface area contributed by atoms with Gasteiger partial charge in [0.15, 0.2) is 0 Å². The molecule has 21 rings (SSSR count). The van der Waals surface area contributed by atoms with Crippen LogP contribution in [-0.2, 0) is 23.7 Å². The number of hydrogen-bond donors (Lipinski definition) is 0. The van der Waals surface area contributed by atoms with Crippen molar-refractivity contribution in [2.75, 3.05) is 0 Å². The van der Waals surface area contributed by atoms with Gasteiger partial charge in [0.05, 0.1) is 5.69 Å². The van der Waals surface area contributed by atoms with Gasteiger partial charge >= 0.3 is 0 Å². The van der Waals surface area contributed by atoms with Crippen LogP contribution >= 0.6 is 0 Å². The summed E-state index contributed by atoms with van der Waals surface area (Å²) >= 11 is 0. The van der Waals surface area contributed by atoms with Gasteiger partial charge in [0.2, 0.25) is 0 Å². The molecule has 95 heavy (non-hydrogen) atoms. The summed E-state index contributed by atoms with van der Waals surface area (Å²) in [5, 5.41) is 16.1. The standard InChI is InChI=1S/C55H36.C39H29N/c1-3-10-35(11-4-1)44-28-45(36-12-5-2-6-13-36)30-46(29-44)40-22-25-48-49-26-23-41(32-52(49)55(51(48)31-40)33-42-14-7-8-15-43(42)34-55)47-24-20-39-19-18-37-16-9-17-38-21-27-50(47)54(39)53(37)38;1-3-20-39(21-4-1)34-23-28(14-17-31(34)32-18-15-29(24-35(32)39)36-9-2-5-22-40-36)30-16-12-27-11-10-25-7-6-8-26-13-19-33(30)38(27)37(25)26/h1-32H,33-34H2;2,5-19,22-24H,1,3-4,20-21H2. The van der Waals surface area contributed by atoms with Crippen LogP contribution in [0.1, 0.15) is 65.5 Å². The van der Waals surface area contributed by atoms with Crippen LogP contribution < -0.4 is 0 Å². The molecular weight excluding hydrogens is 1140 g/mol. The molecule has 1 aromatic heterocycles. The largest absolute Gasteiger partial charge is 0.256 e. The van der Waals surface area contributed by atoms with Crippen molar-refractivity contribution in [1.82, 2.24) is 4.98 Å². The van der Waals surface area contributed by atoms with Crippen molar-refractivity contribution in [1.29, 1.82) is 0 Å². The maximum Gasteiger partial charge on any atom is 0.0702 e. The Balaban J connectivity index is 0.000000137. The first-order valence-corrected chi connectivity index (χ1v) is 34.2. The molecule has 0 bridgehead atoms. The van der Waals surface area contributed by atoms with E-state index in [1.807, 2.05) is 12.3 Å². The summed E-state index contributed by atoms with van der Waals surface area (Å²) in [5.74, 6) is 0. The minimum atomic E-state index is -0.135. The zero-order valence-corrected chi connectivity index (χ0v) is 52.8. The lowest BCUT2D eigenvalue weighted by atomic mass is 9.67. The Kier molecular flexibility index (Phi) is 12.1. The third-order valence-electron chi connectivity index (χ3n) is 22.7. The van der Waals surface area contributed by atoms with E-state index in [1.165, 1.54) is 214 Å². The summed E-state index contributed by atoms with van der Waals surface area (Å²) in [7, 11) is 0. The number of rotatable bonds is 6. The quantitative estimate of drug-likeness (QED) is 0.151. The molecule has 0 unspecified atom stereocenters. The second-order valence-corrected chi connectivity index (χ2v) is 27.6. The molecule has 0 amide bonds. The highest BCUT2D eigenvalue weighted by atomic mass is 14.7. The minimum Gasteiger partial charge on any atom is -0.256 e. The molecule has 4 aliphatic carbocycles. The van der Waals surface area contributed by atoms with E-state index in [9.17, 15) is 0 Å². The first kappa shape index (κ1) is 54.3. The van der Waals surface area contributed by atoms with E-state index in [1.54, 1.807) is 0 Å². The zero-order valence-electron chi connectivity index (χ0n) is 52.8. The molecule has 0 N–H and O–H groups in total. The highest BCUT2D eigenvalue weighted by molar-refractivity contribution is 6.27. The Hall–Kier alpha value is -11.3. The van der Waals surface area contributed by atoms with Crippen LogP contribution in [0.5, 0.6) is 0 Å². The lowest BCUT2D eigenvalue weighted by molar-refractivity contribution is 0.353. The number of nitrogens with zero attached hydrogens (tertiary/aromatic N) is 1. The fraction of sp³-hybridized carbons (Fsp3) is 0.0957. The van der Waals surface area contributed by atoms with Crippen molar-refractivity contribution in [3.05, 3.63) is 343 Å². The first-order valence-electron chi connectivity index (χ1n) is 34.2. The highest BCUT2D eigenvalue weighted by Gasteiger charge is 2.48. The third kappa shape index (κ3) is 8.38. The SMILES string of the molecule is c1ccc(-c2cc(-c3ccccc3)cc(-c3ccc4c(c3)C3(Cc5ccccc5C3)c3cc(-c5ccc6ccc7cccc8ccc5c6c78)ccc3-4)c2)cc1.c1ccc(-c2ccc3c(c2)C2(CCCCC2)c2cc(-c4ccc5ccc6cccc7ccc4c5c67)ccc2-3)nc1. The lowest BCUT2D eigenvalue weighted by Gasteiger charge is -2.36. The number of hydrogen-bond acceptors (Lipinski definition) is 1. The molecule has 1 nitrogen and oxygen atoms in total. The molecule has 1 saturated carbocycles. The van der Waals surface area contributed by atoms with Gasteiger partial charge < -0.3 is 0 Å². The summed E-state index contributed by atoms with van der Waals surface area (Å²) in [6.45, 7) is 0. The third-order valence-corrected chi connectivity index (χ3v) is 22.7. The molecule has 446 valence electrons. The summed E-state index contributed by atoms with van der Waals surface area (Å²) in [6, 6.07) is 114. The smallest absolute Gasteiger partial charge is 0.0702 e. The van der Waals surface area contributed by atoms with Crippen molar-refractivity contribution in [2.24, 2.45) is 0 Å². The van der Waals surface area contributed by atoms with Crippen molar-refractivity contribution in [3.8, 4) is 89.1 Å². The zero-order chi connectivity index (χ0) is 62.3. The number of pyridine rings is 1. The molecule has 17 aromatic rings. The monoisotopic (exact) mass is 1210 g/mol. The fourth-order valence-corrected chi connectivity index (χ4v) is 18.3. The van der Waals surface area contributed by atoms with Gasteiger partial charge in [-0.25, -0.2) is 0 Å². The minimum absolute atomic E-state index is 0.0908. The maximum absolute atomic E-state index is 4.67.